The van der Waals surface area contributed by atoms with Crippen LogP contribution >= 0.6 is 0 Å². The highest BCUT2D eigenvalue weighted by Crippen LogP contribution is 2.17. The molecule has 0 saturated carbocycles. The first-order valence-corrected chi connectivity index (χ1v) is 2.90. The Morgan fingerprint density at radius 2 is 1.75 bits per heavy atom. The van der Waals surface area contributed by atoms with Gasteiger partial charge in [-0.3, -0.25) is 9.59 Å². The van der Waals surface area contributed by atoms with Crippen LogP contribution < -0.4 is 11.5 Å². The Bertz CT molecular complexity index is 201. The Hall–Kier alpha value is -1.11. The Kier molecular flexibility index (Phi) is 3.20. The Morgan fingerprint density at radius 3 is 2.00 bits per heavy atom. The minimum Gasteiger partial charge on any atom is -0.370 e. The zero-order valence-corrected chi connectivity index (χ0v) is 5.89. The number of halogens is 3. The van der Waals surface area contributed by atoms with Crippen LogP contribution in [0.15, 0.2) is 0 Å². The smallest absolute Gasteiger partial charge is 0.370 e. The van der Waals surface area contributed by atoms with E-state index >= 15 is 0 Å². The second-order valence-corrected chi connectivity index (χ2v) is 2.14. The van der Waals surface area contributed by atoms with Crippen LogP contribution in [0.2, 0.25) is 0 Å². The summed E-state index contributed by atoms with van der Waals surface area (Å²) in [7, 11) is 0. The largest absolute Gasteiger partial charge is 0.451 e. The maximum atomic E-state index is 11.6. The Morgan fingerprint density at radius 1 is 1.33 bits per heavy atom. The maximum Gasteiger partial charge on any atom is 0.451 e. The highest BCUT2D eigenvalue weighted by molar-refractivity contribution is 5.92. The fourth-order valence-corrected chi connectivity index (χ4v) is 0.520. The minimum atomic E-state index is -5.01. The van der Waals surface area contributed by atoms with Gasteiger partial charge in [-0.05, 0) is 0 Å². The van der Waals surface area contributed by atoms with Crippen LogP contribution in [-0.2, 0) is 9.59 Å². The molecular formula is C5H7F3N2O2. The Labute approximate surface area is 65.7 Å². The molecule has 4 nitrogen and oxygen atoms in total. The molecule has 0 aliphatic rings. The quantitative estimate of drug-likeness (QED) is 0.609. The van der Waals surface area contributed by atoms with Gasteiger partial charge >= 0.3 is 6.18 Å². The van der Waals surface area contributed by atoms with E-state index in [1.807, 2.05) is 0 Å². The van der Waals surface area contributed by atoms with E-state index in [2.05, 4.69) is 5.73 Å². The van der Waals surface area contributed by atoms with Gasteiger partial charge in [-0.15, -0.1) is 0 Å². The average Bonchev–Trinajstić information content (AvgIpc) is 1.82. The molecule has 0 radical (unpaired) electrons. The number of rotatable bonds is 3. The van der Waals surface area contributed by atoms with E-state index < -0.39 is 30.3 Å². The number of nitrogens with two attached hydrogens (primary N) is 2. The van der Waals surface area contributed by atoms with Crippen molar-refractivity contribution in [3.05, 3.63) is 0 Å². The second-order valence-electron chi connectivity index (χ2n) is 2.14. The van der Waals surface area contributed by atoms with Gasteiger partial charge in [-0.25, -0.2) is 0 Å². The van der Waals surface area contributed by atoms with Crippen molar-refractivity contribution in [2.75, 3.05) is 0 Å². The van der Waals surface area contributed by atoms with E-state index in [1.165, 1.54) is 0 Å². The fourth-order valence-electron chi connectivity index (χ4n) is 0.520. The summed E-state index contributed by atoms with van der Waals surface area (Å²) in [4.78, 5) is 20.3. The van der Waals surface area contributed by atoms with Gasteiger partial charge in [0.05, 0.1) is 6.04 Å². The number of amides is 1. The summed E-state index contributed by atoms with van der Waals surface area (Å²) in [5.74, 6) is -3.18. The number of carbonyl (C=O) groups is 2. The number of alkyl halides is 3. The fraction of sp³-hybridized carbons (Fsp3) is 0.600. The van der Waals surface area contributed by atoms with E-state index in [1.54, 1.807) is 0 Å². The average molecular weight is 184 g/mol. The zero-order valence-electron chi connectivity index (χ0n) is 5.89. The molecule has 0 unspecified atom stereocenters. The van der Waals surface area contributed by atoms with Crippen LogP contribution in [0, 0.1) is 0 Å². The van der Waals surface area contributed by atoms with Crippen LogP contribution in [-0.4, -0.2) is 23.9 Å². The first kappa shape index (κ1) is 10.9. The molecule has 0 saturated heterocycles. The summed E-state index contributed by atoms with van der Waals surface area (Å²) in [5, 5.41) is 0. The third-order valence-electron chi connectivity index (χ3n) is 1.04. The summed E-state index contributed by atoms with van der Waals surface area (Å²) < 4.78 is 34.7. The summed E-state index contributed by atoms with van der Waals surface area (Å²) in [6.45, 7) is 0. The van der Waals surface area contributed by atoms with Crippen LogP contribution in [0.25, 0.3) is 0 Å². The lowest BCUT2D eigenvalue weighted by atomic mass is 10.1. The van der Waals surface area contributed by atoms with Crippen molar-refractivity contribution in [2.45, 2.75) is 18.6 Å². The summed E-state index contributed by atoms with van der Waals surface area (Å²) >= 11 is 0. The first-order valence-electron chi connectivity index (χ1n) is 2.90. The lowest BCUT2D eigenvalue weighted by molar-refractivity contribution is -0.172. The van der Waals surface area contributed by atoms with Crippen LogP contribution in [0.5, 0.6) is 0 Å². The molecule has 0 heterocycles. The van der Waals surface area contributed by atoms with E-state index in [0.717, 1.165) is 0 Å². The van der Waals surface area contributed by atoms with E-state index in [4.69, 9.17) is 5.73 Å². The lowest BCUT2D eigenvalue weighted by Crippen LogP contribution is -2.42. The highest BCUT2D eigenvalue weighted by Gasteiger charge is 2.42. The van der Waals surface area contributed by atoms with Crippen molar-refractivity contribution in [3.63, 3.8) is 0 Å². The van der Waals surface area contributed by atoms with E-state index in [-0.39, 0.29) is 0 Å². The molecular weight excluding hydrogens is 177 g/mol. The van der Waals surface area contributed by atoms with Gasteiger partial charge in [0.1, 0.15) is 0 Å². The van der Waals surface area contributed by atoms with Gasteiger partial charge in [0, 0.05) is 6.42 Å². The molecule has 7 heteroatoms. The normalized spacial score (nSPS) is 14.0. The highest BCUT2D eigenvalue weighted by atomic mass is 19.4. The summed E-state index contributed by atoms with van der Waals surface area (Å²) in [5.41, 5.74) is 9.27. The van der Waals surface area contributed by atoms with Crippen molar-refractivity contribution in [3.8, 4) is 0 Å². The van der Waals surface area contributed by atoms with Gasteiger partial charge in [0.15, 0.2) is 0 Å². The van der Waals surface area contributed by atoms with Gasteiger partial charge in [0.2, 0.25) is 5.91 Å². The van der Waals surface area contributed by atoms with Gasteiger partial charge in [-0.2, -0.15) is 13.2 Å². The standard InChI is InChI=1S/C5H7F3N2O2/c6-5(7,8)4(12)2(9)1-3(10)11/h2H,1,9H2,(H2,10,11)/t2-/m1/s1. The van der Waals surface area contributed by atoms with E-state index in [0.29, 0.717) is 0 Å². The molecule has 0 rings (SSSR count). The number of hydrogen-bond acceptors (Lipinski definition) is 3. The van der Waals surface area contributed by atoms with Crippen molar-refractivity contribution in [2.24, 2.45) is 11.5 Å². The molecule has 0 aromatic carbocycles. The topological polar surface area (TPSA) is 86.2 Å². The third kappa shape index (κ3) is 3.33. The van der Waals surface area contributed by atoms with Crippen molar-refractivity contribution in [1.29, 1.82) is 0 Å². The third-order valence-corrected chi connectivity index (χ3v) is 1.04. The number of ketones is 1. The van der Waals surface area contributed by atoms with Crippen LogP contribution in [0.1, 0.15) is 6.42 Å². The van der Waals surface area contributed by atoms with Crippen molar-refractivity contribution >= 4 is 11.7 Å². The monoisotopic (exact) mass is 184 g/mol. The predicted octanol–water partition coefficient (Wildman–Crippen LogP) is -0.680. The lowest BCUT2D eigenvalue weighted by Gasteiger charge is -2.10. The van der Waals surface area contributed by atoms with E-state index in [9.17, 15) is 22.8 Å². The molecule has 1 atom stereocenters. The van der Waals surface area contributed by atoms with Gasteiger partial charge < -0.3 is 11.5 Å². The molecule has 4 N–H and O–H groups in total. The molecule has 0 aliphatic heterocycles. The van der Waals surface area contributed by atoms with Crippen molar-refractivity contribution in [1.82, 2.24) is 0 Å². The summed E-state index contributed by atoms with van der Waals surface area (Å²) in [6, 6.07) is -1.89. The van der Waals surface area contributed by atoms with Crippen molar-refractivity contribution < 1.29 is 22.8 Å². The molecule has 0 aromatic rings. The molecule has 0 bridgehead atoms. The van der Waals surface area contributed by atoms with Crippen LogP contribution in [0.3, 0.4) is 0 Å². The molecule has 70 valence electrons. The van der Waals surface area contributed by atoms with Crippen LogP contribution in [0.4, 0.5) is 13.2 Å². The SMILES string of the molecule is NC(=O)C[C@@H](N)C(=O)C(F)(F)F. The molecule has 0 spiro atoms. The zero-order chi connectivity index (χ0) is 9.94. The number of Topliss-reactive ketones (excluding diaryl/α,β-unsaturated/α-hetero) is 1. The molecule has 1 amide bonds. The second kappa shape index (κ2) is 3.53. The molecule has 0 fully saturated rings. The van der Waals surface area contributed by atoms with Gasteiger partial charge in [0.25, 0.3) is 5.78 Å². The number of hydrogen-bond donors (Lipinski definition) is 2. The predicted molar refractivity (Wildman–Crippen MR) is 32.8 cm³/mol. The van der Waals surface area contributed by atoms with Gasteiger partial charge in [-0.1, -0.05) is 0 Å². The number of primary amides is 1. The molecule has 12 heavy (non-hydrogen) atoms. The molecule has 0 aliphatic carbocycles. The maximum absolute atomic E-state index is 11.6. The minimum absolute atomic E-state index is 0.793. The molecule has 0 aromatic heterocycles. The number of carbonyl (C=O) groups excluding carboxylic acids is 2. The summed E-state index contributed by atoms with van der Waals surface area (Å²) in [6.07, 6.45) is -5.80. The Balaban J connectivity index is 4.21. The first-order chi connectivity index (χ1) is 5.25.